The Morgan fingerprint density at radius 1 is 1.37 bits per heavy atom. The third-order valence-corrected chi connectivity index (χ3v) is 4.51. The highest BCUT2D eigenvalue weighted by molar-refractivity contribution is 5.84. The molecule has 0 aromatic rings. The molecule has 2 rings (SSSR count). The number of amides is 1. The minimum absolute atomic E-state index is 0.101. The number of hydrogen-bond acceptors (Lipinski definition) is 2. The lowest BCUT2D eigenvalue weighted by Gasteiger charge is -2.42. The van der Waals surface area contributed by atoms with Gasteiger partial charge in [-0.3, -0.25) is 4.79 Å². The molecule has 19 heavy (non-hydrogen) atoms. The number of nitrogens with zero attached hydrogens (tertiary/aromatic N) is 1. The van der Waals surface area contributed by atoms with Gasteiger partial charge in [0.1, 0.15) is 0 Å². The van der Waals surface area contributed by atoms with E-state index in [9.17, 15) is 18.0 Å². The molecule has 2 aliphatic heterocycles. The zero-order valence-electron chi connectivity index (χ0n) is 11.4. The fraction of sp³-hybridized carbons (Fsp3) is 0.923. The fourth-order valence-corrected chi connectivity index (χ4v) is 3.22. The van der Waals surface area contributed by atoms with Crippen LogP contribution in [0.3, 0.4) is 0 Å². The number of alkyl halides is 3. The number of rotatable bonds is 1. The molecule has 2 saturated heterocycles. The van der Waals surface area contributed by atoms with E-state index in [1.54, 1.807) is 0 Å². The number of piperidine rings is 1. The molecule has 3 nitrogen and oxygen atoms in total. The molecule has 1 N–H and O–H groups in total. The predicted octanol–water partition coefficient (Wildman–Crippen LogP) is 2.18. The minimum Gasteiger partial charge on any atom is -0.339 e. The van der Waals surface area contributed by atoms with Gasteiger partial charge in [-0.05, 0) is 38.6 Å². The summed E-state index contributed by atoms with van der Waals surface area (Å²) in [5.74, 6) is -0.257. The zero-order valence-corrected chi connectivity index (χ0v) is 11.4. The van der Waals surface area contributed by atoms with E-state index in [-0.39, 0.29) is 25.6 Å². The van der Waals surface area contributed by atoms with Crippen molar-refractivity contribution in [3.8, 4) is 0 Å². The van der Waals surface area contributed by atoms with Crippen LogP contribution in [0, 0.1) is 11.3 Å². The van der Waals surface area contributed by atoms with Crippen molar-refractivity contribution in [2.45, 2.75) is 45.3 Å². The van der Waals surface area contributed by atoms with Crippen molar-refractivity contribution in [2.75, 3.05) is 19.6 Å². The van der Waals surface area contributed by atoms with E-state index in [2.05, 4.69) is 12.2 Å². The van der Waals surface area contributed by atoms with Crippen molar-refractivity contribution in [1.29, 1.82) is 0 Å². The van der Waals surface area contributed by atoms with Crippen LogP contribution < -0.4 is 5.32 Å². The lowest BCUT2D eigenvalue weighted by atomic mass is 9.82. The maximum Gasteiger partial charge on any atom is 0.404 e. The predicted molar refractivity (Wildman–Crippen MR) is 65.5 cm³/mol. The molecule has 3 unspecified atom stereocenters. The Morgan fingerprint density at radius 3 is 2.53 bits per heavy atom. The molecular formula is C13H21F3N2O. The van der Waals surface area contributed by atoms with Crippen LogP contribution in [0.1, 0.15) is 33.1 Å². The molecule has 2 heterocycles. The van der Waals surface area contributed by atoms with Crippen LogP contribution >= 0.6 is 0 Å². The maximum atomic E-state index is 13.3. The average Bonchev–Trinajstić information content (AvgIpc) is 2.77. The first-order valence-electron chi connectivity index (χ1n) is 6.86. The van der Waals surface area contributed by atoms with Gasteiger partial charge in [0.05, 0.1) is 0 Å². The normalized spacial score (nSPS) is 36.6. The van der Waals surface area contributed by atoms with E-state index in [1.807, 2.05) is 6.92 Å². The Bertz CT molecular complexity index is 350. The van der Waals surface area contributed by atoms with Crippen LogP contribution in [0.2, 0.25) is 0 Å². The van der Waals surface area contributed by atoms with E-state index >= 15 is 0 Å². The second-order valence-electron chi connectivity index (χ2n) is 5.98. The second-order valence-corrected chi connectivity index (χ2v) is 5.98. The first-order valence-corrected chi connectivity index (χ1v) is 6.86. The van der Waals surface area contributed by atoms with Crippen LogP contribution in [-0.4, -0.2) is 42.7 Å². The van der Waals surface area contributed by atoms with Gasteiger partial charge in [-0.15, -0.1) is 0 Å². The molecule has 2 aliphatic rings. The van der Waals surface area contributed by atoms with Gasteiger partial charge in [-0.1, -0.05) is 6.92 Å². The summed E-state index contributed by atoms with van der Waals surface area (Å²) in [6.45, 7) is 4.34. The van der Waals surface area contributed by atoms with E-state index < -0.39 is 17.5 Å². The summed E-state index contributed by atoms with van der Waals surface area (Å²) in [6, 6.07) is -0.101. The van der Waals surface area contributed by atoms with E-state index in [0.717, 1.165) is 12.8 Å². The summed E-state index contributed by atoms with van der Waals surface area (Å²) in [7, 11) is 0. The summed E-state index contributed by atoms with van der Waals surface area (Å²) in [5.41, 5.74) is -2.21. The Hall–Kier alpha value is -0.780. The fourth-order valence-electron chi connectivity index (χ4n) is 3.22. The van der Waals surface area contributed by atoms with Gasteiger partial charge in [-0.2, -0.15) is 13.2 Å². The monoisotopic (exact) mass is 278 g/mol. The molecule has 110 valence electrons. The Kier molecular flexibility index (Phi) is 3.82. The molecule has 2 fully saturated rings. The van der Waals surface area contributed by atoms with Crippen molar-refractivity contribution in [3.05, 3.63) is 0 Å². The molecule has 0 aromatic carbocycles. The van der Waals surface area contributed by atoms with Gasteiger partial charge < -0.3 is 10.2 Å². The summed E-state index contributed by atoms with van der Waals surface area (Å²) in [4.78, 5) is 13.9. The smallest absolute Gasteiger partial charge is 0.339 e. The summed E-state index contributed by atoms with van der Waals surface area (Å²) in [5, 5.41) is 2.70. The number of halogens is 3. The largest absolute Gasteiger partial charge is 0.404 e. The molecule has 6 heteroatoms. The van der Waals surface area contributed by atoms with Crippen molar-refractivity contribution >= 4 is 5.91 Å². The van der Waals surface area contributed by atoms with Crippen molar-refractivity contribution in [3.63, 3.8) is 0 Å². The number of carbonyl (C=O) groups is 1. The molecular weight excluding hydrogens is 257 g/mol. The Morgan fingerprint density at radius 2 is 2.05 bits per heavy atom. The van der Waals surface area contributed by atoms with Crippen LogP contribution in [0.5, 0.6) is 0 Å². The van der Waals surface area contributed by atoms with Gasteiger partial charge >= 0.3 is 6.18 Å². The summed E-state index contributed by atoms with van der Waals surface area (Å²) >= 11 is 0. The highest BCUT2D eigenvalue weighted by Crippen LogP contribution is 2.45. The molecule has 0 aliphatic carbocycles. The van der Waals surface area contributed by atoms with Crippen molar-refractivity contribution in [1.82, 2.24) is 10.2 Å². The Balaban J connectivity index is 2.21. The number of carbonyl (C=O) groups excluding carboxylic acids is 1. The van der Waals surface area contributed by atoms with E-state index in [1.165, 1.54) is 4.90 Å². The summed E-state index contributed by atoms with van der Waals surface area (Å²) < 4.78 is 40.0. The van der Waals surface area contributed by atoms with E-state index in [4.69, 9.17) is 0 Å². The van der Waals surface area contributed by atoms with Gasteiger partial charge in [0.25, 0.3) is 0 Å². The minimum atomic E-state index is -4.48. The molecule has 0 spiro atoms. The number of likely N-dealkylation sites (tertiary alicyclic amines) is 1. The first kappa shape index (κ1) is 14.6. The molecule has 0 saturated carbocycles. The van der Waals surface area contributed by atoms with Crippen LogP contribution in [0.4, 0.5) is 13.2 Å². The molecule has 0 bridgehead atoms. The molecule has 1 amide bonds. The molecule has 0 aromatic heterocycles. The van der Waals surface area contributed by atoms with Crippen molar-refractivity contribution in [2.24, 2.45) is 11.3 Å². The Labute approximate surface area is 111 Å². The topological polar surface area (TPSA) is 32.3 Å². The van der Waals surface area contributed by atoms with E-state index in [0.29, 0.717) is 12.5 Å². The number of nitrogens with one attached hydrogen (secondary N) is 1. The molecule has 0 radical (unpaired) electrons. The van der Waals surface area contributed by atoms with Crippen molar-refractivity contribution < 1.29 is 18.0 Å². The highest BCUT2D eigenvalue weighted by atomic mass is 19.4. The van der Waals surface area contributed by atoms with Gasteiger partial charge in [0.15, 0.2) is 5.41 Å². The van der Waals surface area contributed by atoms with Gasteiger partial charge in [0, 0.05) is 19.1 Å². The van der Waals surface area contributed by atoms with Crippen LogP contribution in [0.15, 0.2) is 0 Å². The SMILES string of the molecule is CC1CCN(C(=O)C2(C(F)(F)F)CCNC2)C(C)C1. The maximum absolute atomic E-state index is 13.3. The lowest BCUT2D eigenvalue weighted by Crippen LogP contribution is -2.57. The quantitative estimate of drug-likeness (QED) is 0.797. The first-order chi connectivity index (χ1) is 8.78. The second kappa shape index (κ2) is 4.96. The number of hydrogen-bond donors (Lipinski definition) is 1. The molecule has 3 atom stereocenters. The third kappa shape index (κ3) is 2.47. The zero-order chi connectivity index (χ0) is 14.3. The van der Waals surface area contributed by atoms with Crippen LogP contribution in [0.25, 0.3) is 0 Å². The standard InChI is InChI=1S/C13H21F3N2O/c1-9-3-6-18(10(2)7-9)11(19)12(13(14,15)16)4-5-17-8-12/h9-10,17H,3-8H2,1-2H3. The van der Waals surface area contributed by atoms with Gasteiger partial charge in [-0.25, -0.2) is 0 Å². The lowest BCUT2D eigenvalue weighted by molar-refractivity contribution is -0.223. The average molecular weight is 278 g/mol. The van der Waals surface area contributed by atoms with Gasteiger partial charge in [0.2, 0.25) is 5.91 Å². The van der Waals surface area contributed by atoms with Crippen LogP contribution in [-0.2, 0) is 4.79 Å². The third-order valence-electron chi connectivity index (χ3n) is 4.51. The summed E-state index contributed by atoms with van der Waals surface area (Å²) in [6.07, 6.45) is -3.05. The highest BCUT2D eigenvalue weighted by Gasteiger charge is 2.62.